The van der Waals surface area contributed by atoms with Gasteiger partial charge >= 0.3 is 5.97 Å². The Bertz CT molecular complexity index is 1010. The Morgan fingerprint density at radius 2 is 2.00 bits per heavy atom. The van der Waals surface area contributed by atoms with E-state index >= 15 is 0 Å². The van der Waals surface area contributed by atoms with Crippen LogP contribution in [0.5, 0.6) is 0 Å². The van der Waals surface area contributed by atoms with E-state index in [0.717, 1.165) is 4.90 Å². The molecule has 0 spiro atoms. The number of hydrogen-bond donors (Lipinski definition) is 2. The number of furan rings is 1. The summed E-state index contributed by atoms with van der Waals surface area (Å²) >= 11 is 6.76. The highest BCUT2D eigenvalue weighted by Crippen LogP contribution is 2.34. The maximum atomic E-state index is 12.2. The molecular weight excluding hydrogens is 396 g/mol. The molecule has 1 aliphatic heterocycles. The summed E-state index contributed by atoms with van der Waals surface area (Å²) in [6.45, 7) is -0.497. The summed E-state index contributed by atoms with van der Waals surface area (Å²) in [5, 5.41) is 8.78. The molecule has 1 saturated heterocycles. The number of carboxylic acid groups (broad SMARTS) is 1. The number of hydrogen-bond acceptors (Lipinski definition) is 6. The molecule has 0 atom stereocenters. The number of carboxylic acids is 1. The van der Waals surface area contributed by atoms with Gasteiger partial charge < -0.3 is 15.3 Å². The summed E-state index contributed by atoms with van der Waals surface area (Å²) in [6, 6.07) is 7.28. The molecule has 8 nitrogen and oxygen atoms in total. The van der Waals surface area contributed by atoms with Crippen molar-refractivity contribution in [2.45, 2.75) is 0 Å². The second-order valence-electron chi connectivity index (χ2n) is 5.44. The molecule has 0 radical (unpaired) electrons. The van der Waals surface area contributed by atoms with Crippen LogP contribution in [0.15, 0.2) is 39.7 Å². The molecule has 2 aromatic rings. The first kappa shape index (κ1) is 18.7. The number of nitrogens with zero attached hydrogens (tertiary/aromatic N) is 1. The van der Waals surface area contributed by atoms with Crippen LogP contribution in [0.4, 0.5) is 4.79 Å². The predicted molar refractivity (Wildman–Crippen MR) is 98.0 cm³/mol. The predicted octanol–water partition coefficient (Wildman–Crippen LogP) is 2.82. The number of imide groups is 1. The normalized spacial score (nSPS) is 15.6. The van der Waals surface area contributed by atoms with E-state index in [2.05, 4.69) is 0 Å². The van der Waals surface area contributed by atoms with Crippen LogP contribution in [0.3, 0.4) is 0 Å². The van der Waals surface area contributed by atoms with Gasteiger partial charge in [0.05, 0.1) is 15.5 Å². The minimum absolute atomic E-state index is 0.0416. The molecule has 3 N–H and O–H groups in total. The SMILES string of the molecule is NC(=O)CN1C(=O)S/C(=C\c2ccc(-c3cc(C(=O)O)ccc3Cl)o2)C1=O. The lowest BCUT2D eigenvalue weighted by molar-refractivity contribution is -0.127. The largest absolute Gasteiger partial charge is 0.478 e. The molecule has 0 unspecified atom stereocenters. The first-order valence-electron chi connectivity index (χ1n) is 7.43. The molecule has 0 saturated carbocycles. The summed E-state index contributed by atoms with van der Waals surface area (Å²) in [7, 11) is 0. The highest BCUT2D eigenvalue weighted by molar-refractivity contribution is 8.18. The van der Waals surface area contributed by atoms with E-state index in [-0.39, 0.29) is 16.2 Å². The number of carbonyl (C=O) groups excluding carboxylic acids is 3. The Labute approximate surface area is 161 Å². The molecule has 0 aliphatic carbocycles. The molecule has 0 bridgehead atoms. The first-order valence-corrected chi connectivity index (χ1v) is 8.62. The number of benzene rings is 1. The highest BCUT2D eigenvalue weighted by atomic mass is 35.5. The fourth-order valence-corrected chi connectivity index (χ4v) is 3.37. The highest BCUT2D eigenvalue weighted by Gasteiger charge is 2.36. The lowest BCUT2D eigenvalue weighted by Crippen LogP contribution is -2.36. The number of aromatic carboxylic acids is 1. The molecule has 3 amide bonds. The molecule has 3 rings (SSSR count). The van der Waals surface area contributed by atoms with E-state index in [9.17, 15) is 19.2 Å². The van der Waals surface area contributed by atoms with Crippen molar-refractivity contribution >= 4 is 52.5 Å². The Morgan fingerprint density at radius 1 is 1.26 bits per heavy atom. The van der Waals surface area contributed by atoms with Crippen LogP contribution in [-0.4, -0.2) is 39.6 Å². The van der Waals surface area contributed by atoms with Crippen molar-refractivity contribution in [1.82, 2.24) is 4.90 Å². The summed E-state index contributed by atoms with van der Waals surface area (Å²) in [4.78, 5) is 46.9. The first-order chi connectivity index (χ1) is 12.8. The van der Waals surface area contributed by atoms with Crippen LogP contribution >= 0.6 is 23.4 Å². The molecule has 2 heterocycles. The van der Waals surface area contributed by atoms with E-state index in [4.69, 9.17) is 26.9 Å². The minimum atomic E-state index is -1.11. The maximum absolute atomic E-state index is 12.2. The van der Waals surface area contributed by atoms with E-state index < -0.39 is 29.6 Å². The van der Waals surface area contributed by atoms with Crippen molar-refractivity contribution in [3.05, 3.63) is 51.6 Å². The van der Waals surface area contributed by atoms with Crippen molar-refractivity contribution in [2.75, 3.05) is 6.54 Å². The average molecular weight is 407 g/mol. The van der Waals surface area contributed by atoms with Crippen molar-refractivity contribution < 1.29 is 28.7 Å². The monoisotopic (exact) mass is 406 g/mol. The van der Waals surface area contributed by atoms with Gasteiger partial charge in [-0.1, -0.05) is 11.6 Å². The van der Waals surface area contributed by atoms with Crippen molar-refractivity contribution in [3.8, 4) is 11.3 Å². The minimum Gasteiger partial charge on any atom is -0.478 e. The van der Waals surface area contributed by atoms with E-state index in [1.54, 1.807) is 12.1 Å². The molecule has 1 fully saturated rings. The smallest absolute Gasteiger partial charge is 0.335 e. The van der Waals surface area contributed by atoms with Crippen molar-refractivity contribution in [2.24, 2.45) is 5.73 Å². The van der Waals surface area contributed by atoms with Crippen LogP contribution < -0.4 is 5.73 Å². The molecule has 1 aliphatic rings. The van der Waals surface area contributed by atoms with Gasteiger partial charge in [-0.15, -0.1) is 0 Å². The Hall–Kier alpha value is -3.04. The summed E-state index contributed by atoms with van der Waals surface area (Å²) in [6.07, 6.45) is 1.35. The summed E-state index contributed by atoms with van der Waals surface area (Å²) in [5.41, 5.74) is 5.44. The van der Waals surface area contributed by atoms with Gasteiger partial charge in [-0.2, -0.15) is 0 Å². The van der Waals surface area contributed by atoms with E-state index in [0.29, 0.717) is 28.1 Å². The Balaban J connectivity index is 1.89. The second-order valence-corrected chi connectivity index (χ2v) is 6.84. The number of rotatable bonds is 5. The fraction of sp³-hybridized carbons (Fsp3) is 0.0588. The van der Waals surface area contributed by atoms with Crippen molar-refractivity contribution in [3.63, 3.8) is 0 Å². The zero-order valence-electron chi connectivity index (χ0n) is 13.5. The van der Waals surface area contributed by atoms with E-state index in [1.165, 1.54) is 24.3 Å². The summed E-state index contributed by atoms with van der Waals surface area (Å²) in [5.74, 6) is -2.00. The molecule has 27 heavy (non-hydrogen) atoms. The molecule has 10 heteroatoms. The third kappa shape index (κ3) is 3.88. The number of nitrogens with two attached hydrogens (primary N) is 1. The van der Waals surface area contributed by atoms with Gasteiger partial charge in [0.15, 0.2) is 0 Å². The molecular formula is C17H11ClN2O6S. The average Bonchev–Trinajstić information content (AvgIpc) is 3.15. The Morgan fingerprint density at radius 3 is 2.67 bits per heavy atom. The number of amides is 3. The molecule has 1 aromatic carbocycles. The number of thioether (sulfide) groups is 1. The van der Waals surface area contributed by atoms with Crippen molar-refractivity contribution in [1.29, 1.82) is 0 Å². The lowest BCUT2D eigenvalue weighted by Gasteiger charge is -2.08. The van der Waals surface area contributed by atoms with Gasteiger partial charge in [0, 0.05) is 11.6 Å². The van der Waals surface area contributed by atoms with Crippen LogP contribution in [0.2, 0.25) is 5.02 Å². The number of carbonyl (C=O) groups is 4. The van der Waals surface area contributed by atoms with E-state index in [1.807, 2.05) is 0 Å². The van der Waals surface area contributed by atoms with Gasteiger partial charge in [-0.05, 0) is 42.1 Å². The van der Waals surface area contributed by atoms with Crippen LogP contribution in [0.1, 0.15) is 16.1 Å². The van der Waals surface area contributed by atoms with Gasteiger partial charge in [-0.3, -0.25) is 19.3 Å². The quantitative estimate of drug-likeness (QED) is 0.729. The third-order valence-electron chi connectivity index (χ3n) is 3.57. The standard InChI is InChI=1S/C17H11ClN2O6S/c18-11-3-1-8(16(23)24)5-10(11)12-4-2-9(26-12)6-13-15(22)20(7-14(19)21)17(25)27-13/h1-6H,7H2,(H2,19,21)(H,23,24)/b13-6-. The Kier molecular flexibility index (Phi) is 5.06. The van der Waals surface area contributed by atoms with Gasteiger partial charge in [-0.25, -0.2) is 4.79 Å². The third-order valence-corrected chi connectivity index (χ3v) is 4.80. The molecule has 138 valence electrons. The number of halogens is 1. The van der Waals surface area contributed by atoms with Crippen LogP contribution in [0, 0.1) is 0 Å². The van der Waals surface area contributed by atoms with Gasteiger partial charge in [0.25, 0.3) is 11.1 Å². The second kappa shape index (κ2) is 7.29. The zero-order valence-corrected chi connectivity index (χ0v) is 15.0. The topological polar surface area (TPSA) is 131 Å². The van der Waals surface area contributed by atoms with Gasteiger partial charge in [0.1, 0.15) is 18.1 Å². The molecule has 1 aromatic heterocycles. The fourth-order valence-electron chi connectivity index (χ4n) is 2.34. The maximum Gasteiger partial charge on any atom is 0.335 e. The number of primary amides is 1. The van der Waals surface area contributed by atoms with Crippen LogP contribution in [-0.2, 0) is 9.59 Å². The lowest BCUT2D eigenvalue weighted by atomic mass is 10.1. The summed E-state index contributed by atoms with van der Waals surface area (Å²) < 4.78 is 5.61. The van der Waals surface area contributed by atoms with Crippen LogP contribution in [0.25, 0.3) is 17.4 Å². The zero-order chi connectivity index (χ0) is 19.7. The van der Waals surface area contributed by atoms with Gasteiger partial charge in [0.2, 0.25) is 5.91 Å².